The van der Waals surface area contributed by atoms with Gasteiger partial charge in [0, 0.05) is 5.41 Å². The molecule has 0 atom stereocenters. The Morgan fingerprint density at radius 1 is 1.06 bits per heavy atom. The number of hydrogen-bond donors (Lipinski definition) is 0. The zero-order valence-corrected chi connectivity index (χ0v) is 10.5. The van der Waals surface area contributed by atoms with E-state index in [4.69, 9.17) is 5.26 Å². The molecule has 5 rings (SSSR count). The second kappa shape index (κ2) is 3.54. The van der Waals surface area contributed by atoms with Gasteiger partial charge in [0.25, 0.3) is 0 Å². The van der Waals surface area contributed by atoms with Crippen LogP contribution in [0.3, 0.4) is 0 Å². The van der Waals surface area contributed by atoms with E-state index in [1.807, 2.05) is 6.07 Å². The van der Waals surface area contributed by atoms with Crippen LogP contribution in [-0.2, 0) is 5.41 Å². The third-order valence-corrected chi connectivity index (χ3v) is 5.36. The molecule has 0 N–H and O–H groups in total. The van der Waals surface area contributed by atoms with Gasteiger partial charge in [0.05, 0.1) is 5.69 Å². The van der Waals surface area contributed by atoms with Crippen molar-refractivity contribution in [2.24, 2.45) is 17.8 Å². The Bertz CT molecular complexity index is 494. The van der Waals surface area contributed by atoms with Crippen LogP contribution in [0.15, 0.2) is 12.4 Å². The zero-order chi connectivity index (χ0) is 12.2. The summed E-state index contributed by atoms with van der Waals surface area (Å²) in [6.45, 7) is 0. The first-order valence-corrected chi connectivity index (χ1v) is 7.00. The van der Waals surface area contributed by atoms with Crippen molar-refractivity contribution in [2.45, 2.75) is 43.9 Å². The lowest BCUT2D eigenvalue weighted by Gasteiger charge is -2.56. The van der Waals surface area contributed by atoms with Crippen LogP contribution in [0, 0.1) is 29.1 Å². The minimum atomic E-state index is 0.281. The van der Waals surface area contributed by atoms with Gasteiger partial charge in [-0.25, -0.2) is 9.97 Å². The number of nitriles is 1. The van der Waals surface area contributed by atoms with Gasteiger partial charge < -0.3 is 0 Å². The number of nitrogens with zero attached hydrogens (tertiary/aromatic N) is 3. The molecule has 0 spiro atoms. The van der Waals surface area contributed by atoms with E-state index >= 15 is 0 Å². The molecule has 0 aliphatic heterocycles. The van der Waals surface area contributed by atoms with Crippen LogP contribution in [0.25, 0.3) is 0 Å². The van der Waals surface area contributed by atoms with E-state index in [1.165, 1.54) is 38.5 Å². The summed E-state index contributed by atoms with van der Waals surface area (Å²) in [5, 5.41) is 9.00. The minimum absolute atomic E-state index is 0.281. The maximum absolute atomic E-state index is 9.00. The lowest BCUT2D eigenvalue weighted by molar-refractivity contribution is -0.00727. The smallest absolute Gasteiger partial charge is 0.144 e. The minimum Gasteiger partial charge on any atom is -0.241 e. The molecule has 0 aromatic carbocycles. The van der Waals surface area contributed by atoms with Gasteiger partial charge in [-0.15, -0.1) is 0 Å². The molecule has 0 radical (unpaired) electrons. The Morgan fingerprint density at radius 3 is 2.22 bits per heavy atom. The van der Waals surface area contributed by atoms with Gasteiger partial charge >= 0.3 is 0 Å². The van der Waals surface area contributed by atoms with Crippen LogP contribution in [0.2, 0.25) is 0 Å². The van der Waals surface area contributed by atoms with Crippen molar-refractivity contribution in [1.29, 1.82) is 5.26 Å². The van der Waals surface area contributed by atoms with Crippen molar-refractivity contribution in [2.75, 3.05) is 0 Å². The Balaban J connectivity index is 1.77. The molecule has 1 aromatic heterocycles. The van der Waals surface area contributed by atoms with E-state index < -0.39 is 0 Å². The van der Waals surface area contributed by atoms with Gasteiger partial charge in [0.15, 0.2) is 0 Å². The molecule has 0 amide bonds. The van der Waals surface area contributed by atoms with Gasteiger partial charge in [0.2, 0.25) is 0 Å². The van der Waals surface area contributed by atoms with Crippen molar-refractivity contribution in [3.63, 3.8) is 0 Å². The topological polar surface area (TPSA) is 49.6 Å². The summed E-state index contributed by atoms with van der Waals surface area (Å²) < 4.78 is 0. The first-order valence-electron chi connectivity index (χ1n) is 7.00. The number of rotatable bonds is 1. The van der Waals surface area contributed by atoms with Gasteiger partial charge in [-0.3, -0.25) is 0 Å². The number of aromatic nitrogens is 2. The summed E-state index contributed by atoms with van der Waals surface area (Å²) in [5.74, 6) is 2.74. The van der Waals surface area contributed by atoms with Crippen molar-refractivity contribution >= 4 is 0 Å². The maximum Gasteiger partial charge on any atom is 0.144 e. The third kappa shape index (κ3) is 1.41. The van der Waals surface area contributed by atoms with Crippen molar-refractivity contribution in [1.82, 2.24) is 9.97 Å². The molecule has 4 bridgehead atoms. The standard InChI is InChI=1S/C15H17N3/c16-8-13-4-14(18-9-17-13)15-5-10-1-11(6-15)3-12(2-10)7-15/h4,9-12H,1-3,5-7H2. The van der Waals surface area contributed by atoms with Crippen LogP contribution in [-0.4, -0.2) is 9.97 Å². The second-order valence-electron chi connectivity index (χ2n) is 6.60. The predicted molar refractivity (Wildman–Crippen MR) is 66.6 cm³/mol. The van der Waals surface area contributed by atoms with Crippen molar-refractivity contribution in [3.05, 3.63) is 23.8 Å². The fourth-order valence-electron chi connectivity index (χ4n) is 5.13. The third-order valence-electron chi connectivity index (χ3n) is 5.36. The summed E-state index contributed by atoms with van der Waals surface area (Å²) in [7, 11) is 0. The summed E-state index contributed by atoms with van der Waals surface area (Å²) in [4.78, 5) is 8.53. The molecule has 18 heavy (non-hydrogen) atoms. The summed E-state index contributed by atoms with van der Waals surface area (Å²) in [6.07, 6.45) is 9.77. The molecule has 4 aliphatic carbocycles. The van der Waals surface area contributed by atoms with Crippen LogP contribution < -0.4 is 0 Å². The van der Waals surface area contributed by atoms with E-state index in [0.29, 0.717) is 5.69 Å². The van der Waals surface area contributed by atoms with E-state index in [-0.39, 0.29) is 5.41 Å². The van der Waals surface area contributed by atoms with Crippen LogP contribution >= 0.6 is 0 Å². The summed E-state index contributed by atoms with van der Waals surface area (Å²) in [6, 6.07) is 4.09. The largest absolute Gasteiger partial charge is 0.241 e. The highest BCUT2D eigenvalue weighted by atomic mass is 14.9. The average Bonchev–Trinajstić information content (AvgIpc) is 2.37. The molecule has 1 aromatic rings. The Hall–Kier alpha value is -1.43. The number of hydrogen-bond acceptors (Lipinski definition) is 3. The first kappa shape index (κ1) is 10.5. The van der Waals surface area contributed by atoms with Gasteiger partial charge in [-0.2, -0.15) is 5.26 Å². The molecule has 92 valence electrons. The highest BCUT2D eigenvalue weighted by Gasteiger charge is 2.52. The zero-order valence-electron chi connectivity index (χ0n) is 10.5. The fraction of sp³-hybridized carbons (Fsp3) is 0.667. The lowest BCUT2D eigenvalue weighted by atomic mass is 9.49. The van der Waals surface area contributed by atoms with Crippen molar-refractivity contribution < 1.29 is 0 Å². The summed E-state index contributed by atoms with van der Waals surface area (Å²) in [5.41, 5.74) is 1.95. The monoisotopic (exact) mass is 239 g/mol. The molecule has 3 heteroatoms. The lowest BCUT2D eigenvalue weighted by Crippen LogP contribution is -2.49. The Labute approximate surface area is 107 Å². The normalized spacial score (nSPS) is 40.7. The molecule has 4 aliphatic rings. The SMILES string of the molecule is N#Cc1cc(C23CC4CC(CC(C4)C2)C3)ncn1. The van der Waals surface area contributed by atoms with E-state index in [1.54, 1.807) is 6.33 Å². The quantitative estimate of drug-likeness (QED) is 0.757. The second-order valence-corrected chi connectivity index (χ2v) is 6.60. The Kier molecular flexibility index (Phi) is 2.06. The summed E-state index contributed by atoms with van der Waals surface area (Å²) >= 11 is 0. The molecule has 0 saturated heterocycles. The average molecular weight is 239 g/mol. The van der Waals surface area contributed by atoms with Gasteiger partial charge in [-0.1, -0.05) is 0 Å². The predicted octanol–water partition coefficient (Wildman–Crippen LogP) is 2.82. The van der Waals surface area contributed by atoms with Crippen LogP contribution in [0.1, 0.15) is 49.9 Å². The highest BCUT2D eigenvalue weighted by Crippen LogP contribution is 2.60. The van der Waals surface area contributed by atoms with E-state index in [9.17, 15) is 0 Å². The van der Waals surface area contributed by atoms with Crippen LogP contribution in [0.4, 0.5) is 0 Å². The molecular formula is C15H17N3. The van der Waals surface area contributed by atoms with Crippen molar-refractivity contribution in [3.8, 4) is 6.07 Å². The van der Waals surface area contributed by atoms with E-state index in [2.05, 4.69) is 16.0 Å². The molecule has 4 fully saturated rings. The highest BCUT2D eigenvalue weighted by molar-refractivity contribution is 5.28. The molecule has 0 unspecified atom stereocenters. The Morgan fingerprint density at radius 2 is 1.67 bits per heavy atom. The molecule has 1 heterocycles. The maximum atomic E-state index is 9.00. The van der Waals surface area contributed by atoms with E-state index in [0.717, 1.165) is 23.4 Å². The molecule has 3 nitrogen and oxygen atoms in total. The van der Waals surface area contributed by atoms with Crippen LogP contribution in [0.5, 0.6) is 0 Å². The first-order chi connectivity index (χ1) is 8.77. The van der Waals surface area contributed by atoms with Gasteiger partial charge in [-0.05, 0) is 62.3 Å². The fourth-order valence-corrected chi connectivity index (χ4v) is 5.13. The molecule has 4 saturated carbocycles. The van der Waals surface area contributed by atoms with Gasteiger partial charge in [0.1, 0.15) is 18.1 Å². The molecular weight excluding hydrogens is 222 g/mol.